The molecular formula is C13H19N3O4. The van der Waals surface area contributed by atoms with Crippen LogP contribution in [-0.2, 0) is 4.74 Å². The summed E-state index contributed by atoms with van der Waals surface area (Å²) in [5, 5.41) is 12.3. The fraction of sp³-hybridized carbons (Fsp3) is 0.615. The van der Waals surface area contributed by atoms with E-state index in [0.717, 1.165) is 12.8 Å². The Kier molecular flexibility index (Phi) is 4.86. The number of hydrogen-bond acceptors (Lipinski definition) is 6. The average Bonchev–Trinajstić information content (AvgIpc) is 2.53. The second-order valence-corrected chi connectivity index (χ2v) is 4.90. The van der Waals surface area contributed by atoms with Crippen LogP contribution in [0.2, 0.25) is 0 Å². The van der Waals surface area contributed by atoms with Crippen LogP contribution in [0, 0.1) is 5.41 Å². The first-order valence-corrected chi connectivity index (χ1v) is 6.52. The van der Waals surface area contributed by atoms with Gasteiger partial charge < -0.3 is 19.9 Å². The fourth-order valence-corrected chi connectivity index (χ4v) is 2.08. The standard InChI is InChI=1S/C13H19N3O4/c1-19-10-6-14-11(15-7-10)12(18)16-8-13(9-17)2-4-20-5-3-13/h6-7,17H,2-5,8-9H2,1H3,(H,16,18). The van der Waals surface area contributed by atoms with Crippen LogP contribution in [0.3, 0.4) is 0 Å². The predicted octanol–water partition coefficient (Wildman–Crippen LogP) is 0.00410. The lowest BCUT2D eigenvalue weighted by molar-refractivity contribution is -0.0146. The number of carbonyl (C=O) groups excluding carboxylic acids is 1. The van der Waals surface area contributed by atoms with E-state index < -0.39 is 0 Å². The molecule has 110 valence electrons. The van der Waals surface area contributed by atoms with Gasteiger partial charge in [0.05, 0.1) is 26.1 Å². The van der Waals surface area contributed by atoms with Gasteiger partial charge in [0.15, 0.2) is 5.75 Å². The molecule has 1 amide bonds. The molecule has 1 aliphatic rings. The predicted molar refractivity (Wildman–Crippen MR) is 70.5 cm³/mol. The average molecular weight is 281 g/mol. The maximum atomic E-state index is 12.0. The van der Waals surface area contributed by atoms with Gasteiger partial charge in [0.25, 0.3) is 5.91 Å². The summed E-state index contributed by atoms with van der Waals surface area (Å²) in [7, 11) is 1.51. The first-order chi connectivity index (χ1) is 9.69. The largest absolute Gasteiger partial charge is 0.494 e. The summed E-state index contributed by atoms with van der Waals surface area (Å²) in [5.74, 6) is 0.232. The van der Waals surface area contributed by atoms with Crippen LogP contribution in [0.25, 0.3) is 0 Å². The van der Waals surface area contributed by atoms with Gasteiger partial charge >= 0.3 is 0 Å². The number of amides is 1. The van der Waals surface area contributed by atoms with E-state index in [-0.39, 0.29) is 23.8 Å². The molecule has 0 atom stereocenters. The summed E-state index contributed by atoms with van der Waals surface area (Å²) in [4.78, 5) is 19.8. The van der Waals surface area contributed by atoms with E-state index in [2.05, 4.69) is 15.3 Å². The molecule has 0 unspecified atom stereocenters. The van der Waals surface area contributed by atoms with Crippen LogP contribution >= 0.6 is 0 Å². The zero-order chi connectivity index (χ0) is 14.4. The van der Waals surface area contributed by atoms with Crippen LogP contribution in [0.5, 0.6) is 5.75 Å². The normalized spacial score (nSPS) is 17.5. The zero-order valence-corrected chi connectivity index (χ0v) is 11.5. The number of rotatable bonds is 5. The lowest BCUT2D eigenvalue weighted by Crippen LogP contribution is -2.44. The first-order valence-electron chi connectivity index (χ1n) is 6.52. The molecule has 20 heavy (non-hydrogen) atoms. The maximum Gasteiger partial charge on any atom is 0.289 e. The quantitative estimate of drug-likeness (QED) is 0.789. The van der Waals surface area contributed by atoms with Crippen molar-refractivity contribution in [1.29, 1.82) is 0 Å². The fourth-order valence-electron chi connectivity index (χ4n) is 2.08. The molecule has 1 aliphatic heterocycles. The van der Waals surface area contributed by atoms with Crippen molar-refractivity contribution in [2.45, 2.75) is 12.8 Å². The Labute approximate surface area is 117 Å². The number of nitrogens with one attached hydrogen (secondary N) is 1. The van der Waals surface area contributed by atoms with Crippen molar-refractivity contribution in [3.8, 4) is 5.75 Å². The molecule has 0 spiro atoms. The third-order valence-electron chi connectivity index (χ3n) is 3.58. The molecular weight excluding hydrogens is 262 g/mol. The number of aliphatic hydroxyl groups excluding tert-OH is 1. The molecule has 1 aromatic rings. The Balaban J connectivity index is 1.93. The summed E-state index contributed by atoms with van der Waals surface area (Å²) in [5.41, 5.74) is -0.305. The van der Waals surface area contributed by atoms with E-state index in [0.29, 0.717) is 25.5 Å². The zero-order valence-electron chi connectivity index (χ0n) is 11.5. The Morgan fingerprint density at radius 2 is 2.10 bits per heavy atom. The van der Waals surface area contributed by atoms with Gasteiger partial charge in [-0.1, -0.05) is 0 Å². The first kappa shape index (κ1) is 14.7. The van der Waals surface area contributed by atoms with Gasteiger partial charge in [-0.3, -0.25) is 4.79 Å². The van der Waals surface area contributed by atoms with Gasteiger partial charge in [-0.15, -0.1) is 0 Å². The molecule has 1 aromatic heterocycles. The van der Waals surface area contributed by atoms with Crippen molar-refractivity contribution in [3.05, 3.63) is 18.2 Å². The van der Waals surface area contributed by atoms with Crippen LogP contribution in [0.4, 0.5) is 0 Å². The highest BCUT2D eigenvalue weighted by Gasteiger charge is 2.32. The van der Waals surface area contributed by atoms with Crippen molar-refractivity contribution < 1.29 is 19.4 Å². The summed E-state index contributed by atoms with van der Waals surface area (Å²) in [6.07, 6.45) is 4.34. The summed E-state index contributed by atoms with van der Waals surface area (Å²) < 4.78 is 10.2. The van der Waals surface area contributed by atoms with E-state index in [9.17, 15) is 9.90 Å². The second kappa shape index (κ2) is 6.62. The summed E-state index contributed by atoms with van der Waals surface area (Å²) in [6, 6.07) is 0. The van der Waals surface area contributed by atoms with Gasteiger partial charge in [0, 0.05) is 25.2 Å². The molecule has 0 saturated carbocycles. The molecule has 2 N–H and O–H groups in total. The molecule has 7 heteroatoms. The van der Waals surface area contributed by atoms with Gasteiger partial charge in [-0.25, -0.2) is 9.97 Å². The van der Waals surface area contributed by atoms with Gasteiger partial charge in [0.2, 0.25) is 5.82 Å². The SMILES string of the molecule is COc1cnc(C(=O)NCC2(CO)CCOCC2)nc1. The molecule has 1 saturated heterocycles. The molecule has 0 bridgehead atoms. The molecule has 0 aromatic carbocycles. The van der Waals surface area contributed by atoms with Crippen molar-refractivity contribution in [1.82, 2.24) is 15.3 Å². The smallest absolute Gasteiger partial charge is 0.289 e. The van der Waals surface area contributed by atoms with E-state index in [1.54, 1.807) is 0 Å². The van der Waals surface area contributed by atoms with E-state index in [1.807, 2.05) is 0 Å². The third-order valence-corrected chi connectivity index (χ3v) is 3.58. The molecule has 2 rings (SSSR count). The van der Waals surface area contributed by atoms with Crippen molar-refractivity contribution in [2.75, 3.05) is 33.5 Å². The number of hydrogen-bond donors (Lipinski definition) is 2. The van der Waals surface area contributed by atoms with Gasteiger partial charge in [-0.2, -0.15) is 0 Å². The Hall–Kier alpha value is -1.73. The van der Waals surface area contributed by atoms with E-state index in [4.69, 9.17) is 9.47 Å². The highest BCUT2D eigenvalue weighted by molar-refractivity contribution is 5.90. The number of nitrogens with zero attached hydrogens (tertiary/aromatic N) is 2. The monoisotopic (exact) mass is 281 g/mol. The van der Waals surface area contributed by atoms with Crippen molar-refractivity contribution in [2.24, 2.45) is 5.41 Å². The summed E-state index contributed by atoms with van der Waals surface area (Å²) in [6.45, 7) is 1.63. The summed E-state index contributed by atoms with van der Waals surface area (Å²) >= 11 is 0. The molecule has 0 radical (unpaired) electrons. The third kappa shape index (κ3) is 3.43. The number of ether oxygens (including phenoxy) is 2. The Bertz CT molecular complexity index is 443. The minimum Gasteiger partial charge on any atom is -0.494 e. The topological polar surface area (TPSA) is 93.6 Å². The molecule has 0 aliphatic carbocycles. The minimum absolute atomic E-state index is 0.0279. The van der Waals surface area contributed by atoms with Crippen LogP contribution in [0.1, 0.15) is 23.5 Å². The molecule has 2 heterocycles. The number of aliphatic hydroxyl groups is 1. The number of aromatic nitrogens is 2. The number of methoxy groups -OCH3 is 1. The van der Waals surface area contributed by atoms with Crippen molar-refractivity contribution >= 4 is 5.91 Å². The van der Waals surface area contributed by atoms with Crippen LogP contribution < -0.4 is 10.1 Å². The molecule has 7 nitrogen and oxygen atoms in total. The maximum absolute atomic E-state index is 12.0. The van der Waals surface area contributed by atoms with E-state index in [1.165, 1.54) is 19.5 Å². The lowest BCUT2D eigenvalue weighted by atomic mass is 9.81. The second-order valence-electron chi connectivity index (χ2n) is 4.90. The van der Waals surface area contributed by atoms with E-state index >= 15 is 0 Å². The van der Waals surface area contributed by atoms with Crippen molar-refractivity contribution in [3.63, 3.8) is 0 Å². The highest BCUT2D eigenvalue weighted by Crippen LogP contribution is 2.28. The van der Waals surface area contributed by atoms with Gasteiger partial charge in [0.1, 0.15) is 0 Å². The minimum atomic E-state index is -0.355. The van der Waals surface area contributed by atoms with Gasteiger partial charge in [-0.05, 0) is 12.8 Å². The van der Waals surface area contributed by atoms with Crippen LogP contribution in [-0.4, -0.2) is 54.5 Å². The van der Waals surface area contributed by atoms with Crippen LogP contribution in [0.15, 0.2) is 12.4 Å². The Morgan fingerprint density at radius 1 is 1.45 bits per heavy atom. The Morgan fingerprint density at radius 3 is 2.65 bits per heavy atom. The highest BCUT2D eigenvalue weighted by atomic mass is 16.5. The lowest BCUT2D eigenvalue weighted by Gasteiger charge is -2.35. The number of carbonyl (C=O) groups is 1. The molecule has 1 fully saturated rings.